The summed E-state index contributed by atoms with van der Waals surface area (Å²) in [6.45, 7) is 3.78. The van der Waals surface area contributed by atoms with Crippen molar-refractivity contribution in [3.05, 3.63) is 94.0 Å². The number of hydrogen-bond donors (Lipinski definition) is 1. The predicted molar refractivity (Wildman–Crippen MR) is 159 cm³/mol. The molecule has 3 aromatic carbocycles. The molecule has 0 radical (unpaired) electrons. The Morgan fingerprint density at radius 2 is 1.55 bits per heavy atom. The van der Waals surface area contributed by atoms with Gasteiger partial charge in [0.2, 0.25) is 21.8 Å². The molecule has 2 amide bonds. The van der Waals surface area contributed by atoms with Crippen LogP contribution in [0.5, 0.6) is 5.75 Å². The summed E-state index contributed by atoms with van der Waals surface area (Å²) in [7, 11) is -3.88. The SMILES string of the molecule is CCNC(=O)C(Cc1ccccc1)N(Cc1c(Cl)cccc1Cl)C(=O)CN(c1ccc(OCC)cc1)S(C)(=O)=O. The van der Waals surface area contributed by atoms with Crippen LogP contribution in [0, 0.1) is 0 Å². The van der Waals surface area contributed by atoms with E-state index in [1.165, 1.54) is 4.90 Å². The van der Waals surface area contributed by atoms with Crippen molar-refractivity contribution in [3.63, 3.8) is 0 Å². The molecule has 0 bridgehead atoms. The molecule has 0 spiro atoms. The van der Waals surface area contributed by atoms with Crippen molar-refractivity contribution >= 4 is 50.7 Å². The van der Waals surface area contributed by atoms with Gasteiger partial charge in [-0.05, 0) is 55.8 Å². The maximum absolute atomic E-state index is 14.0. The molecule has 0 aromatic heterocycles. The molecule has 0 saturated carbocycles. The van der Waals surface area contributed by atoms with Gasteiger partial charge in [0, 0.05) is 35.1 Å². The van der Waals surface area contributed by atoms with E-state index in [2.05, 4.69) is 5.32 Å². The molecule has 0 saturated heterocycles. The van der Waals surface area contributed by atoms with E-state index in [0.717, 1.165) is 16.1 Å². The predicted octanol–water partition coefficient (Wildman–Crippen LogP) is 4.93. The molecule has 3 rings (SSSR count). The van der Waals surface area contributed by atoms with Crippen LogP contribution in [0.4, 0.5) is 5.69 Å². The Kier molecular flexibility index (Phi) is 11.2. The Bertz CT molecular complexity index is 1380. The van der Waals surface area contributed by atoms with Crippen LogP contribution in [0.1, 0.15) is 25.0 Å². The molecular formula is C29H33Cl2N3O5S. The fourth-order valence-corrected chi connectivity index (χ4v) is 5.56. The first kappa shape index (κ1) is 31.3. The maximum atomic E-state index is 14.0. The molecule has 0 heterocycles. The number of nitrogens with one attached hydrogen (secondary N) is 1. The van der Waals surface area contributed by atoms with Gasteiger partial charge < -0.3 is 15.0 Å². The van der Waals surface area contributed by atoms with E-state index in [1.807, 2.05) is 37.3 Å². The van der Waals surface area contributed by atoms with Crippen LogP contribution in [0.2, 0.25) is 10.0 Å². The van der Waals surface area contributed by atoms with Gasteiger partial charge in [-0.25, -0.2) is 8.42 Å². The lowest BCUT2D eigenvalue weighted by atomic mass is 10.0. The van der Waals surface area contributed by atoms with Crippen molar-refractivity contribution in [1.29, 1.82) is 0 Å². The van der Waals surface area contributed by atoms with Gasteiger partial charge in [0.25, 0.3) is 0 Å². The highest BCUT2D eigenvalue weighted by molar-refractivity contribution is 7.92. The monoisotopic (exact) mass is 605 g/mol. The number of anilines is 1. The highest BCUT2D eigenvalue weighted by Crippen LogP contribution is 2.28. The lowest BCUT2D eigenvalue weighted by molar-refractivity contribution is -0.140. The quantitative estimate of drug-likeness (QED) is 0.298. The van der Waals surface area contributed by atoms with Crippen molar-refractivity contribution in [2.24, 2.45) is 0 Å². The van der Waals surface area contributed by atoms with Gasteiger partial charge in [0.1, 0.15) is 18.3 Å². The smallest absolute Gasteiger partial charge is 0.244 e. The molecule has 3 aromatic rings. The minimum Gasteiger partial charge on any atom is -0.494 e. The van der Waals surface area contributed by atoms with Gasteiger partial charge >= 0.3 is 0 Å². The van der Waals surface area contributed by atoms with Crippen LogP contribution in [0.25, 0.3) is 0 Å². The van der Waals surface area contributed by atoms with Gasteiger partial charge in [-0.3, -0.25) is 13.9 Å². The van der Waals surface area contributed by atoms with Gasteiger partial charge in [-0.15, -0.1) is 0 Å². The van der Waals surface area contributed by atoms with Crippen molar-refractivity contribution < 1.29 is 22.7 Å². The van der Waals surface area contributed by atoms with E-state index in [1.54, 1.807) is 49.4 Å². The Hall–Kier alpha value is -3.27. The molecule has 214 valence electrons. The highest BCUT2D eigenvalue weighted by Gasteiger charge is 2.33. The van der Waals surface area contributed by atoms with E-state index in [0.29, 0.717) is 34.5 Å². The number of nitrogens with zero attached hydrogens (tertiary/aromatic N) is 2. The number of hydrogen-bond acceptors (Lipinski definition) is 5. The number of carbonyl (C=O) groups excluding carboxylic acids is 2. The largest absolute Gasteiger partial charge is 0.494 e. The van der Waals surface area contributed by atoms with E-state index in [9.17, 15) is 18.0 Å². The molecule has 0 aliphatic carbocycles. The number of likely N-dealkylation sites (N-methyl/N-ethyl adjacent to an activating group) is 1. The number of ether oxygens (including phenoxy) is 1. The van der Waals surface area contributed by atoms with Crippen molar-refractivity contribution in [1.82, 2.24) is 10.2 Å². The minimum absolute atomic E-state index is 0.104. The fourth-order valence-electron chi connectivity index (χ4n) is 4.19. The summed E-state index contributed by atoms with van der Waals surface area (Å²) in [4.78, 5) is 28.8. The molecule has 0 fully saturated rings. The summed E-state index contributed by atoms with van der Waals surface area (Å²) in [6, 6.07) is 19.7. The van der Waals surface area contributed by atoms with E-state index in [4.69, 9.17) is 27.9 Å². The summed E-state index contributed by atoms with van der Waals surface area (Å²) >= 11 is 12.9. The van der Waals surface area contributed by atoms with Crippen LogP contribution >= 0.6 is 23.2 Å². The Balaban J connectivity index is 2.06. The molecular weight excluding hydrogens is 573 g/mol. The zero-order chi connectivity index (χ0) is 29.3. The first-order valence-electron chi connectivity index (χ1n) is 12.8. The van der Waals surface area contributed by atoms with Crippen molar-refractivity contribution in [3.8, 4) is 5.75 Å². The summed E-state index contributed by atoms with van der Waals surface area (Å²) < 4.78 is 32.2. The average molecular weight is 607 g/mol. The highest BCUT2D eigenvalue weighted by atomic mass is 35.5. The van der Waals surface area contributed by atoms with Gasteiger partial charge in [-0.1, -0.05) is 59.6 Å². The van der Waals surface area contributed by atoms with Gasteiger partial charge in [0.05, 0.1) is 18.6 Å². The second-order valence-electron chi connectivity index (χ2n) is 9.02. The van der Waals surface area contributed by atoms with E-state index < -0.39 is 28.5 Å². The summed E-state index contributed by atoms with van der Waals surface area (Å²) in [5.41, 5.74) is 1.56. The van der Waals surface area contributed by atoms with Gasteiger partial charge in [-0.2, -0.15) is 0 Å². The summed E-state index contributed by atoms with van der Waals surface area (Å²) in [5.74, 6) is -0.405. The summed E-state index contributed by atoms with van der Waals surface area (Å²) in [5, 5.41) is 3.46. The molecule has 8 nitrogen and oxygen atoms in total. The van der Waals surface area contributed by atoms with Crippen LogP contribution in [0.3, 0.4) is 0 Å². The Morgan fingerprint density at radius 3 is 2.10 bits per heavy atom. The van der Waals surface area contributed by atoms with Crippen LogP contribution in [-0.4, -0.2) is 57.1 Å². The van der Waals surface area contributed by atoms with Crippen molar-refractivity contribution in [2.75, 3.05) is 30.3 Å². The number of halogens is 2. The lowest BCUT2D eigenvalue weighted by Crippen LogP contribution is -2.53. The molecule has 0 aliphatic rings. The third-order valence-corrected chi connectivity index (χ3v) is 7.98. The van der Waals surface area contributed by atoms with Crippen LogP contribution < -0.4 is 14.4 Å². The average Bonchev–Trinajstić information content (AvgIpc) is 2.91. The zero-order valence-corrected chi connectivity index (χ0v) is 25.0. The van der Waals surface area contributed by atoms with E-state index >= 15 is 0 Å². The number of benzene rings is 3. The summed E-state index contributed by atoms with van der Waals surface area (Å²) in [6.07, 6.45) is 1.22. The minimum atomic E-state index is -3.88. The van der Waals surface area contributed by atoms with Crippen LogP contribution in [-0.2, 0) is 32.6 Å². The Labute approximate surface area is 245 Å². The lowest BCUT2D eigenvalue weighted by Gasteiger charge is -2.33. The molecule has 1 atom stereocenters. The first-order chi connectivity index (χ1) is 19.0. The van der Waals surface area contributed by atoms with Gasteiger partial charge in [0.15, 0.2) is 0 Å². The molecule has 0 aliphatic heterocycles. The second kappa shape index (κ2) is 14.4. The normalized spacial score (nSPS) is 11.9. The molecule has 1 unspecified atom stereocenters. The topological polar surface area (TPSA) is 96.0 Å². The number of carbonyl (C=O) groups is 2. The number of amides is 2. The maximum Gasteiger partial charge on any atom is 0.244 e. The first-order valence-corrected chi connectivity index (χ1v) is 15.4. The number of sulfonamides is 1. The van der Waals surface area contributed by atoms with Crippen molar-refractivity contribution in [2.45, 2.75) is 32.9 Å². The third-order valence-electron chi connectivity index (χ3n) is 6.13. The Morgan fingerprint density at radius 1 is 0.925 bits per heavy atom. The standard InChI is InChI=1S/C29H33Cl2N3O5S/c1-4-32-29(36)27(18-21-10-7-6-8-11-21)33(19-24-25(30)12-9-13-26(24)31)28(35)20-34(40(3,37)38)22-14-16-23(17-15-22)39-5-2/h6-17,27H,4-5,18-20H2,1-3H3,(H,32,36). The molecule has 1 N–H and O–H groups in total. The third kappa shape index (κ3) is 8.36. The van der Waals surface area contributed by atoms with E-state index in [-0.39, 0.29) is 24.6 Å². The second-order valence-corrected chi connectivity index (χ2v) is 11.7. The van der Waals surface area contributed by atoms with Crippen LogP contribution in [0.15, 0.2) is 72.8 Å². The zero-order valence-electron chi connectivity index (χ0n) is 22.6. The molecule has 40 heavy (non-hydrogen) atoms. The number of rotatable bonds is 13. The fraction of sp³-hybridized carbons (Fsp3) is 0.310. The molecule has 11 heteroatoms.